The molecule has 0 fully saturated rings. The van der Waals surface area contributed by atoms with Gasteiger partial charge in [0, 0.05) is 23.7 Å². The van der Waals surface area contributed by atoms with Crippen molar-refractivity contribution >= 4 is 38.9 Å². The lowest BCUT2D eigenvalue weighted by atomic mass is 10.2. The van der Waals surface area contributed by atoms with E-state index < -0.39 is 33.8 Å². The van der Waals surface area contributed by atoms with Crippen molar-refractivity contribution in [2.24, 2.45) is 0 Å². The van der Waals surface area contributed by atoms with E-state index in [1.165, 1.54) is 18.2 Å². The predicted molar refractivity (Wildman–Crippen MR) is 103 cm³/mol. The van der Waals surface area contributed by atoms with E-state index in [1.54, 1.807) is 0 Å². The lowest BCUT2D eigenvalue weighted by molar-refractivity contribution is -0.137. The number of ether oxygens (including phenoxy) is 1. The number of fused-ring (bicyclic) bond motifs is 1. The normalized spacial score (nSPS) is 17.1. The van der Waals surface area contributed by atoms with Gasteiger partial charge in [-0.2, -0.15) is 13.2 Å². The Labute approximate surface area is 170 Å². The molecule has 156 valence electrons. The topological polar surface area (TPSA) is 75.7 Å². The summed E-state index contributed by atoms with van der Waals surface area (Å²) in [5.74, 6) is -0.453. The molecule has 1 N–H and O–H groups in total. The van der Waals surface area contributed by atoms with Crippen LogP contribution in [0, 0.1) is 0 Å². The Hall–Kier alpha value is -2.46. The molecule has 1 heterocycles. The maximum atomic E-state index is 12.6. The maximum Gasteiger partial charge on any atom is 0.416 e. The number of hydrogen-bond donors (Lipinski definition) is 1. The zero-order chi connectivity index (χ0) is 21.4. The van der Waals surface area contributed by atoms with Crippen LogP contribution in [0.5, 0.6) is 5.75 Å². The van der Waals surface area contributed by atoms with E-state index in [0.717, 1.165) is 34.8 Å². The largest absolute Gasteiger partial charge is 0.478 e. The molecule has 0 aromatic heterocycles. The van der Waals surface area contributed by atoms with Crippen LogP contribution in [0.15, 0.2) is 42.5 Å². The van der Waals surface area contributed by atoms with Crippen molar-refractivity contribution in [1.82, 2.24) is 0 Å². The lowest BCUT2D eigenvalue weighted by Crippen LogP contribution is -2.36. The fraction of sp³-hybridized carbons (Fsp3) is 0.278. The van der Waals surface area contributed by atoms with E-state index >= 15 is 0 Å². The minimum Gasteiger partial charge on any atom is -0.478 e. The van der Waals surface area contributed by atoms with Gasteiger partial charge < -0.3 is 10.1 Å². The molecule has 3 rings (SSSR count). The molecular formula is C18H16ClF3N2O4S. The molecule has 2 aromatic rings. The van der Waals surface area contributed by atoms with Crippen LogP contribution in [0.1, 0.15) is 12.0 Å². The lowest BCUT2D eigenvalue weighted by Gasteiger charge is -2.21. The first-order chi connectivity index (χ1) is 13.4. The van der Waals surface area contributed by atoms with Crippen molar-refractivity contribution in [3.8, 4) is 5.75 Å². The molecule has 6 nitrogen and oxygen atoms in total. The van der Waals surface area contributed by atoms with Crippen molar-refractivity contribution < 1.29 is 31.1 Å². The van der Waals surface area contributed by atoms with Crippen LogP contribution in [0.4, 0.5) is 24.5 Å². The van der Waals surface area contributed by atoms with Gasteiger partial charge in [0.2, 0.25) is 10.0 Å². The molecule has 0 saturated heterocycles. The van der Waals surface area contributed by atoms with E-state index in [4.69, 9.17) is 16.3 Å². The van der Waals surface area contributed by atoms with Crippen LogP contribution in [0.25, 0.3) is 0 Å². The van der Waals surface area contributed by atoms with Crippen LogP contribution in [0.2, 0.25) is 5.02 Å². The van der Waals surface area contributed by atoms with Gasteiger partial charge in [-0.15, -0.1) is 0 Å². The molecule has 0 saturated carbocycles. The highest BCUT2D eigenvalue weighted by atomic mass is 35.5. The number of alkyl halides is 3. The average Bonchev–Trinajstić information content (AvgIpc) is 2.80. The second-order valence-corrected chi connectivity index (χ2v) is 8.75. The summed E-state index contributed by atoms with van der Waals surface area (Å²) in [6.07, 6.45) is -4.47. The minimum atomic E-state index is -4.48. The Bertz CT molecular complexity index is 1030. The van der Waals surface area contributed by atoms with Gasteiger partial charge >= 0.3 is 6.18 Å². The van der Waals surface area contributed by atoms with Crippen LogP contribution >= 0.6 is 11.6 Å². The number of carbonyl (C=O) groups is 1. The van der Waals surface area contributed by atoms with Crippen molar-refractivity contribution in [2.75, 3.05) is 22.4 Å². The Kier molecular flexibility index (Phi) is 5.68. The molecular weight excluding hydrogens is 433 g/mol. The van der Waals surface area contributed by atoms with Gasteiger partial charge in [0.05, 0.1) is 17.5 Å². The van der Waals surface area contributed by atoms with E-state index in [1.807, 2.05) is 0 Å². The van der Waals surface area contributed by atoms with Crippen LogP contribution in [-0.2, 0) is 21.0 Å². The SMILES string of the molecule is CS(=O)(=O)N1CC[C@@H](C(=O)Nc2ccc(C(F)(F)F)cc2)Oc2ccc(Cl)cc21. The van der Waals surface area contributed by atoms with Crippen molar-refractivity contribution in [3.05, 3.63) is 53.1 Å². The summed E-state index contributed by atoms with van der Waals surface area (Å²) in [6, 6.07) is 8.35. The summed E-state index contributed by atoms with van der Waals surface area (Å²) in [4.78, 5) is 12.6. The molecule has 1 aliphatic rings. The molecule has 1 amide bonds. The summed E-state index contributed by atoms with van der Waals surface area (Å²) in [5.41, 5.74) is -0.465. The molecule has 0 aliphatic carbocycles. The second kappa shape index (κ2) is 7.75. The smallest absolute Gasteiger partial charge is 0.416 e. The predicted octanol–water partition coefficient (Wildman–Crippen LogP) is 3.91. The molecule has 29 heavy (non-hydrogen) atoms. The van der Waals surface area contributed by atoms with Gasteiger partial charge in [0.25, 0.3) is 5.91 Å². The third-order valence-corrected chi connectivity index (χ3v) is 5.64. The van der Waals surface area contributed by atoms with Crippen molar-refractivity contribution in [3.63, 3.8) is 0 Å². The number of benzene rings is 2. The average molecular weight is 449 g/mol. The first-order valence-corrected chi connectivity index (χ1v) is 10.6. The van der Waals surface area contributed by atoms with Gasteiger partial charge in [-0.3, -0.25) is 9.10 Å². The third-order valence-electron chi connectivity index (χ3n) is 4.23. The number of anilines is 2. The number of halogens is 4. The van der Waals surface area contributed by atoms with Gasteiger partial charge in [0.1, 0.15) is 5.75 Å². The zero-order valence-electron chi connectivity index (χ0n) is 15.0. The standard InChI is InChI=1S/C18H16ClF3N2O4S/c1-29(26,27)24-9-8-16(28-15-7-4-12(19)10-14(15)24)17(25)23-13-5-2-11(3-6-13)18(20,21)22/h2-7,10,16H,8-9H2,1H3,(H,23,25)/t16-/m0/s1. The highest BCUT2D eigenvalue weighted by Gasteiger charge is 2.32. The van der Waals surface area contributed by atoms with E-state index in [0.29, 0.717) is 5.02 Å². The molecule has 11 heteroatoms. The first-order valence-electron chi connectivity index (χ1n) is 8.37. The Morgan fingerprint density at radius 2 is 1.86 bits per heavy atom. The summed E-state index contributed by atoms with van der Waals surface area (Å²) in [7, 11) is -3.65. The summed E-state index contributed by atoms with van der Waals surface area (Å²) < 4.78 is 69.0. The fourth-order valence-corrected chi connectivity index (χ4v) is 3.95. The molecule has 0 unspecified atom stereocenters. The second-order valence-electron chi connectivity index (χ2n) is 6.41. The van der Waals surface area contributed by atoms with Gasteiger partial charge in [-0.1, -0.05) is 11.6 Å². The highest BCUT2D eigenvalue weighted by molar-refractivity contribution is 7.92. The van der Waals surface area contributed by atoms with E-state index in [-0.39, 0.29) is 30.1 Å². The number of rotatable bonds is 3. The van der Waals surface area contributed by atoms with Crippen LogP contribution < -0.4 is 14.4 Å². The zero-order valence-corrected chi connectivity index (χ0v) is 16.6. The number of sulfonamides is 1. The Morgan fingerprint density at radius 1 is 1.21 bits per heavy atom. The highest BCUT2D eigenvalue weighted by Crippen LogP contribution is 2.36. The first kappa shape index (κ1) is 21.3. The van der Waals surface area contributed by atoms with Crippen molar-refractivity contribution in [2.45, 2.75) is 18.7 Å². The Balaban J connectivity index is 1.81. The molecule has 0 bridgehead atoms. The monoisotopic (exact) mass is 448 g/mol. The number of amides is 1. The van der Waals surface area contributed by atoms with Gasteiger partial charge in [0.15, 0.2) is 6.10 Å². The van der Waals surface area contributed by atoms with Crippen LogP contribution in [0.3, 0.4) is 0 Å². The van der Waals surface area contributed by atoms with Crippen molar-refractivity contribution in [1.29, 1.82) is 0 Å². The maximum absolute atomic E-state index is 12.6. The molecule has 1 atom stereocenters. The molecule has 2 aromatic carbocycles. The summed E-state index contributed by atoms with van der Waals surface area (Å²) in [5, 5.41) is 2.79. The fourth-order valence-electron chi connectivity index (χ4n) is 2.85. The number of nitrogens with zero attached hydrogens (tertiary/aromatic N) is 1. The van der Waals surface area contributed by atoms with Gasteiger partial charge in [-0.05, 0) is 42.5 Å². The van der Waals surface area contributed by atoms with Gasteiger partial charge in [-0.25, -0.2) is 8.42 Å². The number of carbonyl (C=O) groups excluding carboxylic acids is 1. The Morgan fingerprint density at radius 3 is 2.45 bits per heavy atom. The third kappa shape index (κ3) is 4.94. The van der Waals surface area contributed by atoms with E-state index in [9.17, 15) is 26.4 Å². The minimum absolute atomic E-state index is 0.0305. The quantitative estimate of drug-likeness (QED) is 0.772. The number of hydrogen-bond acceptors (Lipinski definition) is 4. The molecule has 0 spiro atoms. The summed E-state index contributed by atoms with van der Waals surface area (Å²) >= 11 is 5.96. The summed E-state index contributed by atoms with van der Waals surface area (Å²) in [6.45, 7) is -0.0305. The molecule has 1 aliphatic heterocycles. The van der Waals surface area contributed by atoms with E-state index in [2.05, 4.69) is 5.32 Å². The number of nitrogens with one attached hydrogen (secondary N) is 1. The van der Waals surface area contributed by atoms with Crippen LogP contribution in [-0.4, -0.2) is 33.2 Å². The molecule has 0 radical (unpaired) electrons.